The molecule has 0 N–H and O–H groups in total. The third-order valence-electron chi connectivity index (χ3n) is 2.70. The summed E-state index contributed by atoms with van der Waals surface area (Å²) in [6.45, 7) is 3.08. The Bertz CT molecular complexity index is 651. The third-order valence-corrected chi connectivity index (χ3v) is 2.70. The summed E-state index contributed by atoms with van der Waals surface area (Å²) in [5.74, 6) is -1.36. The summed E-state index contributed by atoms with van der Waals surface area (Å²) in [5, 5.41) is 0. The van der Waals surface area contributed by atoms with Crippen molar-refractivity contribution in [1.29, 1.82) is 0 Å². The fraction of sp³-hybridized carbons (Fsp3) is 0.231. The van der Waals surface area contributed by atoms with E-state index in [2.05, 4.69) is 15.0 Å². The second-order valence-corrected chi connectivity index (χ2v) is 4.21. The molecule has 0 bridgehead atoms. The molecule has 0 saturated heterocycles. The molecule has 20 heavy (non-hydrogen) atoms. The highest BCUT2D eigenvalue weighted by Crippen LogP contribution is 2.27. The van der Waals surface area contributed by atoms with Crippen molar-refractivity contribution >= 4 is 5.78 Å². The number of pyridine rings is 1. The van der Waals surface area contributed by atoms with Crippen LogP contribution < -0.4 is 0 Å². The molecule has 0 amide bonds. The van der Waals surface area contributed by atoms with Crippen LogP contribution in [0.1, 0.15) is 28.8 Å². The summed E-state index contributed by atoms with van der Waals surface area (Å²) in [5.41, 5.74) is 1.85. The highest BCUT2D eigenvalue weighted by Gasteiger charge is 2.34. The molecule has 7 heteroatoms. The van der Waals surface area contributed by atoms with Crippen LogP contribution in [0.5, 0.6) is 0 Å². The van der Waals surface area contributed by atoms with Gasteiger partial charge in [0, 0.05) is 41.0 Å². The van der Waals surface area contributed by atoms with E-state index >= 15 is 0 Å². The minimum atomic E-state index is -4.57. The zero-order chi connectivity index (χ0) is 14.9. The average Bonchev–Trinajstić information content (AvgIpc) is 2.38. The number of hydrogen-bond acceptors (Lipinski definition) is 4. The summed E-state index contributed by atoms with van der Waals surface area (Å²) in [7, 11) is 0. The van der Waals surface area contributed by atoms with Crippen molar-refractivity contribution in [2.45, 2.75) is 20.0 Å². The first kappa shape index (κ1) is 14.1. The molecule has 0 unspecified atom stereocenters. The molecule has 0 spiro atoms. The maximum absolute atomic E-state index is 12.4. The van der Waals surface area contributed by atoms with Gasteiger partial charge in [-0.1, -0.05) is 0 Å². The number of hydrogen-bond donors (Lipinski definition) is 0. The first-order valence-electron chi connectivity index (χ1n) is 5.66. The van der Waals surface area contributed by atoms with Gasteiger partial charge in [-0.2, -0.15) is 13.2 Å². The second-order valence-electron chi connectivity index (χ2n) is 4.21. The number of alkyl halides is 3. The Balaban J connectivity index is 2.42. The van der Waals surface area contributed by atoms with Gasteiger partial charge in [0.05, 0.1) is 0 Å². The van der Waals surface area contributed by atoms with E-state index < -0.39 is 12.0 Å². The van der Waals surface area contributed by atoms with Crippen LogP contribution in [0.2, 0.25) is 0 Å². The molecular weight excluding hydrogens is 271 g/mol. The SMILES string of the molecule is CC(=O)c1cc(-c2cnc(C(F)(F)F)nc2)cnc1C. The molecule has 2 aromatic heterocycles. The van der Waals surface area contributed by atoms with Crippen LogP contribution in [0.4, 0.5) is 13.2 Å². The van der Waals surface area contributed by atoms with Crippen LogP contribution in [-0.2, 0) is 6.18 Å². The van der Waals surface area contributed by atoms with E-state index in [9.17, 15) is 18.0 Å². The van der Waals surface area contributed by atoms with Crippen molar-refractivity contribution in [3.63, 3.8) is 0 Å². The number of halogens is 3. The number of Topliss-reactive ketones (excluding diaryl/α,β-unsaturated/α-hetero) is 1. The van der Waals surface area contributed by atoms with Crippen LogP contribution >= 0.6 is 0 Å². The minimum absolute atomic E-state index is 0.162. The molecule has 2 rings (SSSR count). The van der Waals surface area contributed by atoms with Crippen LogP contribution in [-0.4, -0.2) is 20.7 Å². The van der Waals surface area contributed by atoms with Gasteiger partial charge < -0.3 is 0 Å². The lowest BCUT2D eigenvalue weighted by Crippen LogP contribution is -2.10. The third kappa shape index (κ3) is 2.81. The van der Waals surface area contributed by atoms with E-state index in [0.29, 0.717) is 22.4 Å². The Morgan fingerprint density at radius 2 is 1.60 bits per heavy atom. The summed E-state index contributed by atoms with van der Waals surface area (Å²) >= 11 is 0. The van der Waals surface area contributed by atoms with Gasteiger partial charge in [-0.3, -0.25) is 9.78 Å². The quantitative estimate of drug-likeness (QED) is 0.794. The van der Waals surface area contributed by atoms with E-state index in [1.54, 1.807) is 13.0 Å². The van der Waals surface area contributed by atoms with E-state index in [1.807, 2.05) is 0 Å². The molecule has 0 aliphatic heterocycles. The van der Waals surface area contributed by atoms with Gasteiger partial charge in [0.25, 0.3) is 0 Å². The molecule has 0 saturated carbocycles. The molecule has 2 aromatic rings. The number of carbonyl (C=O) groups excluding carboxylic acids is 1. The van der Waals surface area contributed by atoms with E-state index in [4.69, 9.17) is 0 Å². The highest BCUT2D eigenvalue weighted by molar-refractivity contribution is 5.96. The topological polar surface area (TPSA) is 55.7 Å². The molecule has 2 heterocycles. The van der Waals surface area contributed by atoms with Gasteiger partial charge in [0.15, 0.2) is 5.78 Å². The summed E-state index contributed by atoms with van der Waals surface area (Å²) in [6.07, 6.45) is -0.986. The van der Waals surface area contributed by atoms with Gasteiger partial charge >= 0.3 is 6.18 Å². The predicted octanol–water partition coefficient (Wildman–Crippen LogP) is 3.07. The molecule has 0 atom stereocenters. The van der Waals surface area contributed by atoms with Crippen molar-refractivity contribution in [1.82, 2.24) is 15.0 Å². The Morgan fingerprint density at radius 3 is 2.10 bits per heavy atom. The average molecular weight is 281 g/mol. The fourth-order valence-corrected chi connectivity index (χ4v) is 1.67. The maximum atomic E-state index is 12.4. The first-order valence-corrected chi connectivity index (χ1v) is 5.66. The normalized spacial score (nSPS) is 11.4. The smallest absolute Gasteiger partial charge is 0.294 e. The van der Waals surface area contributed by atoms with Crippen molar-refractivity contribution in [2.75, 3.05) is 0 Å². The molecule has 0 aromatic carbocycles. The molecule has 4 nitrogen and oxygen atoms in total. The summed E-state index contributed by atoms with van der Waals surface area (Å²) in [6, 6.07) is 1.57. The Kier molecular flexibility index (Phi) is 3.52. The number of ketones is 1. The van der Waals surface area contributed by atoms with E-state index in [-0.39, 0.29) is 5.78 Å². The maximum Gasteiger partial charge on any atom is 0.451 e. The summed E-state index contributed by atoms with van der Waals surface area (Å²) in [4.78, 5) is 22.0. The number of rotatable bonds is 2. The van der Waals surface area contributed by atoms with Crippen molar-refractivity contribution in [2.24, 2.45) is 0 Å². The number of aryl methyl sites for hydroxylation is 1. The highest BCUT2D eigenvalue weighted by atomic mass is 19.4. The van der Waals surface area contributed by atoms with Gasteiger partial charge in [-0.25, -0.2) is 9.97 Å². The zero-order valence-electron chi connectivity index (χ0n) is 10.7. The van der Waals surface area contributed by atoms with Gasteiger partial charge in [0.1, 0.15) is 0 Å². The molecule has 104 valence electrons. The van der Waals surface area contributed by atoms with E-state index in [1.165, 1.54) is 13.1 Å². The molecule has 0 radical (unpaired) electrons. The Hall–Kier alpha value is -2.31. The number of nitrogens with zero attached hydrogens (tertiary/aromatic N) is 3. The first-order chi connectivity index (χ1) is 9.29. The lowest BCUT2D eigenvalue weighted by atomic mass is 10.0. The minimum Gasteiger partial charge on any atom is -0.294 e. The van der Waals surface area contributed by atoms with Crippen LogP contribution in [0.25, 0.3) is 11.1 Å². The predicted molar refractivity (Wildman–Crippen MR) is 65.0 cm³/mol. The van der Waals surface area contributed by atoms with E-state index in [0.717, 1.165) is 12.4 Å². The number of aromatic nitrogens is 3. The van der Waals surface area contributed by atoms with Crippen molar-refractivity contribution < 1.29 is 18.0 Å². The van der Waals surface area contributed by atoms with Crippen LogP contribution in [0, 0.1) is 6.92 Å². The zero-order valence-corrected chi connectivity index (χ0v) is 10.7. The standard InChI is InChI=1S/C13H10F3N3O/c1-7-11(8(2)20)3-9(4-17-7)10-5-18-12(19-6-10)13(14,15)16/h3-6H,1-2H3. The fourth-order valence-electron chi connectivity index (χ4n) is 1.67. The van der Waals surface area contributed by atoms with Gasteiger partial charge in [0.2, 0.25) is 5.82 Å². The molecule has 0 aliphatic rings. The Labute approximate surface area is 112 Å². The summed E-state index contributed by atoms with van der Waals surface area (Å²) < 4.78 is 37.1. The van der Waals surface area contributed by atoms with Crippen molar-refractivity contribution in [3.05, 3.63) is 41.7 Å². The van der Waals surface area contributed by atoms with Crippen LogP contribution in [0.3, 0.4) is 0 Å². The second kappa shape index (κ2) is 4.99. The largest absolute Gasteiger partial charge is 0.451 e. The van der Waals surface area contributed by atoms with Crippen molar-refractivity contribution in [3.8, 4) is 11.1 Å². The van der Waals surface area contributed by atoms with Gasteiger partial charge in [-0.15, -0.1) is 0 Å². The number of carbonyl (C=O) groups is 1. The molecule has 0 aliphatic carbocycles. The van der Waals surface area contributed by atoms with Crippen LogP contribution in [0.15, 0.2) is 24.7 Å². The molecular formula is C13H10F3N3O. The van der Waals surface area contributed by atoms with Gasteiger partial charge in [-0.05, 0) is 19.9 Å². The lowest BCUT2D eigenvalue weighted by Gasteiger charge is -2.07. The lowest BCUT2D eigenvalue weighted by molar-refractivity contribution is -0.144. The Morgan fingerprint density at radius 1 is 1.05 bits per heavy atom. The monoisotopic (exact) mass is 281 g/mol. The molecule has 0 fully saturated rings.